The Morgan fingerprint density at radius 2 is 0.840 bits per heavy atom. The summed E-state index contributed by atoms with van der Waals surface area (Å²) in [4.78, 5) is 0. The Bertz CT molecular complexity index is 4420. The van der Waals surface area contributed by atoms with Crippen LogP contribution in [0.25, 0.3) is 105 Å². The Kier molecular flexibility index (Phi) is 11.8. The number of rotatable bonds is 9. The molecule has 0 saturated heterocycles. The van der Waals surface area contributed by atoms with E-state index < -0.39 is 0 Å². The molecule has 8 heteroatoms. The summed E-state index contributed by atoms with van der Waals surface area (Å²) < 4.78 is 4.35. The summed E-state index contributed by atoms with van der Waals surface area (Å²) in [5, 5.41) is 64.2. The van der Waals surface area contributed by atoms with Crippen molar-refractivity contribution in [2.75, 3.05) is 0 Å². The average Bonchev–Trinajstić information content (AvgIpc) is 4.00. The zero-order chi connectivity index (χ0) is 51.7. The normalized spacial score (nSPS) is 11.3. The third-order valence-electron chi connectivity index (χ3n) is 13.8. The van der Waals surface area contributed by atoms with Crippen LogP contribution in [0.4, 0.5) is 0 Å². The van der Waals surface area contributed by atoms with Gasteiger partial charge in [0.05, 0.1) is 91.6 Å². The van der Waals surface area contributed by atoms with Crippen LogP contribution in [0.5, 0.6) is 0 Å². The van der Waals surface area contributed by atoms with E-state index in [1.165, 1.54) is 0 Å². The number of allylic oxidation sites excluding steroid dienone is 5. The molecular formula is C67H38N8. The molecule has 2 aromatic heterocycles. The Morgan fingerprint density at radius 1 is 0.400 bits per heavy atom. The molecular weight excluding hydrogens is 917 g/mol. The number of fused-ring (bicyclic) bond motifs is 6. The van der Waals surface area contributed by atoms with Crippen LogP contribution in [-0.2, 0) is 0 Å². The van der Waals surface area contributed by atoms with E-state index >= 15 is 0 Å². The van der Waals surface area contributed by atoms with Crippen molar-refractivity contribution in [3.8, 4) is 92.3 Å². The molecule has 0 spiro atoms. The minimum atomic E-state index is 0.325. The van der Waals surface area contributed by atoms with Crippen molar-refractivity contribution >= 4 is 49.2 Å². The number of hydrogen-bond acceptors (Lipinski definition) is 6. The van der Waals surface area contributed by atoms with Gasteiger partial charge in [0, 0.05) is 32.7 Å². The van der Waals surface area contributed by atoms with Gasteiger partial charge in [0.2, 0.25) is 0 Å². The van der Waals surface area contributed by atoms with Gasteiger partial charge in [-0.2, -0.15) is 31.6 Å². The van der Waals surface area contributed by atoms with Crippen molar-refractivity contribution in [3.63, 3.8) is 0 Å². The lowest BCUT2D eigenvalue weighted by molar-refractivity contribution is 1.14. The van der Waals surface area contributed by atoms with Gasteiger partial charge in [0.1, 0.15) is 6.07 Å². The van der Waals surface area contributed by atoms with Crippen LogP contribution in [0, 0.1) is 68.0 Å². The van der Waals surface area contributed by atoms with Crippen molar-refractivity contribution in [1.29, 1.82) is 31.6 Å². The Labute approximate surface area is 432 Å². The van der Waals surface area contributed by atoms with E-state index in [4.69, 9.17) is 0 Å². The second-order valence-corrected chi connectivity index (χ2v) is 18.1. The monoisotopic (exact) mass is 954 g/mol. The first kappa shape index (κ1) is 46.1. The van der Waals surface area contributed by atoms with E-state index in [1.807, 2.05) is 104 Å². The van der Waals surface area contributed by atoms with Crippen LogP contribution in [0.15, 0.2) is 212 Å². The topological polar surface area (TPSA) is 153 Å². The summed E-state index contributed by atoms with van der Waals surface area (Å²) in [5.74, 6) is 0. The molecule has 0 N–H and O–H groups in total. The zero-order valence-electron chi connectivity index (χ0n) is 40.3. The van der Waals surface area contributed by atoms with Crippen molar-refractivity contribution in [2.45, 2.75) is 6.92 Å². The van der Waals surface area contributed by atoms with Crippen LogP contribution in [0.1, 0.15) is 40.3 Å². The molecule has 2 heterocycles. The maximum atomic E-state index is 11.6. The summed E-state index contributed by atoms with van der Waals surface area (Å²) in [6.45, 7) is 5.80. The van der Waals surface area contributed by atoms with Gasteiger partial charge >= 0.3 is 0 Å². The summed E-state index contributed by atoms with van der Waals surface area (Å²) >= 11 is 0. The van der Waals surface area contributed by atoms with Gasteiger partial charge in [0.15, 0.2) is 0 Å². The quantitative estimate of drug-likeness (QED) is 0.104. The molecule has 0 aliphatic heterocycles. The lowest BCUT2D eigenvalue weighted by Crippen LogP contribution is -2.04. The standard InChI is InChI=1S/C67H38N8/c1-3-47(14-7-42(2)36-68)51-21-25-57-58-26-22-52(48-15-8-43(37-69)9-16-48)31-64(58)74(63(57)30-51)62-35-61(55-6-4-5-46(29-55)40-72)67(34-56(62)41-73)75-65-32-53(49-17-10-44(38-70)11-18-49)23-27-59(65)60-28-24-54(33-66(60)75)50-19-12-45(39-71)13-20-50/h3-35H,2H2,1H3/b14-7-,47-3+. The molecule has 0 atom stereocenters. The summed E-state index contributed by atoms with van der Waals surface area (Å²) in [7, 11) is 0. The molecule has 11 aromatic rings. The van der Waals surface area contributed by atoms with Gasteiger partial charge in [-0.25, -0.2) is 0 Å². The van der Waals surface area contributed by atoms with E-state index in [2.05, 4.69) is 131 Å². The van der Waals surface area contributed by atoms with E-state index in [0.717, 1.165) is 99.3 Å². The largest absolute Gasteiger partial charge is 0.309 e. The average molecular weight is 955 g/mol. The molecule has 0 fully saturated rings. The van der Waals surface area contributed by atoms with Crippen molar-refractivity contribution < 1.29 is 0 Å². The zero-order valence-corrected chi connectivity index (χ0v) is 40.3. The fraction of sp³-hybridized carbons (Fsp3) is 0.0149. The number of hydrogen-bond donors (Lipinski definition) is 0. The fourth-order valence-electron chi connectivity index (χ4n) is 10.1. The van der Waals surface area contributed by atoms with Gasteiger partial charge in [-0.1, -0.05) is 116 Å². The van der Waals surface area contributed by atoms with Gasteiger partial charge in [-0.3, -0.25) is 0 Å². The molecule has 0 radical (unpaired) electrons. The molecule has 75 heavy (non-hydrogen) atoms. The van der Waals surface area contributed by atoms with Gasteiger partial charge in [-0.15, -0.1) is 0 Å². The Balaban J connectivity index is 1.25. The Hall–Kier alpha value is -11.3. The molecule has 8 nitrogen and oxygen atoms in total. The minimum Gasteiger partial charge on any atom is -0.309 e. The van der Waals surface area contributed by atoms with Crippen LogP contribution in [0.3, 0.4) is 0 Å². The first-order valence-electron chi connectivity index (χ1n) is 24.0. The molecule has 346 valence electrons. The predicted octanol–water partition coefficient (Wildman–Crippen LogP) is 15.9. The molecule has 0 aliphatic carbocycles. The van der Waals surface area contributed by atoms with Crippen molar-refractivity contribution in [2.24, 2.45) is 0 Å². The fourth-order valence-corrected chi connectivity index (χ4v) is 10.1. The molecule has 0 aliphatic rings. The molecule has 9 aromatic carbocycles. The molecule has 0 bridgehead atoms. The predicted molar refractivity (Wildman–Crippen MR) is 298 cm³/mol. The maximum Gasteiger partial charge on any atom is 0.101 e. The van der Waals surface area contributed by atoms with Gasteiger partial charge in [0.25, 0.3) is 0 Å². The van der Waals surface area contributed by atoms with E-state index in [1.54, 1.807) is 24.3 Å². The summed E-state index contributed by atoms with van der Waals surface area (Å²) in [5.41, 5.74) is 16.4. The third kappa shape index (κ3) is 8.23. The first-order valence-corrected chi connectivity index (χ1v) is 24.0. The molecule has 11 rings (SSSR count). The smallest absolute Gasteiger partial charge is 0.101 e. The number of benzene rings is 9. The minimum absolute atomic E-state index is 0.325. The lowest BCUT2D eigenvalue weighted by atomic mass is 9.97. The number of nitriles is 6. The van der Waals surface area contributed by atoms with E-state index in [0.29, 0.717) is 44.8 Å². The molecule has 0 saturated carbocycles. The number of nitrogens with zero attached hydrogens (tertiary/aromatic N) is 8. The first-order chi connectivity index (χ1) is 36.7. The second kappa shape index (κ2) is 19.2. The third-order valence-corrected chi connectivity index (χ3v) is 13.8. The van der Waals surface area contributed by atoms with Gasteiger partial charge < -0.3 is 9.13 Å². The highest BCUT2D eigenvalue weighted by Gasteiger charge is 2.24. The van der Waals surface area contributed by atoms with Gasteiger partial charge in [-0.05, 0) is 148 Å². The Morgan fingerprint density at radius 3 is 1.28 bits per heavy atom. The highest BCUT2D eigenvalue weighted by atomic mass is 15.0. The SMILES string of the molecule is C=C(C#N)/C=C\C(=C/C)c1ccc2c3ccc(-c4ccc(C#N)cc4)cc3n(-c3cc(-c4cccc(C#N)c4)c(-n4c5cc(-c6ccc(C#N)cc6)ccc5c5ccc(-c6ccc(C#N)cc6)cc54)cc3C#N)c2c1. The second-order valence-electron chi connectivity index (χ2n) is 18.1. The highest BCUT2D eigenvalue weighted by molar-refractivity contribution is 6.13. The van der Waals surface area contributed by atoms with Crippen molar-refractivity contribution in [1.82, 2.24) is 9.13 Å². The lowest BCUT2D eigenvalue weighted by Gasteiger charge is -2.19. The van der Waals surface area contributed by atoms with E-state index in [-0.39, 0.29) is 0 Å². The molecule has 0 unspecified atom stereocenters. The van der Waals surface area contributed by atoms with Crippen LogP contribution in [0.2, 0.25) is 0 Å². The van der Waals surface area contributed by atoms with Crippen LogP contribution < -0.4 is 0 Å². The van der Waals surface area contributed by atoms with Crippen LogP contribution in [-0.4, -0.2) is 9.13 Å². The maximum absolute atomic E-state index is 11.6. The van der Waals surface area contributed by atoms with Crippen molar-refractivity contribution in [3.05, 3.63) is 246 Å². The van der Waals surface area contributed by atoms with E-state index in [9.17, 15) is 31.6 Å². The number of aromatic nitrogens is 2. The molecule has 0 amide bonds. The highest BCUT2D eigenvalue weighted by Crippen LogP contribution is 2.44. The summed E-state index contributed by atoms with van der Waals surface area (Å²) in [6.07, 6.45) is 5.56. The van der Waals surface area contributed by atoms with Crippen LogP contribution >= 0.6 is 0 Å². The summed E-state index contributed by atoms with van der Waals surface area (Å²) in [6, 6.07) is 73.0.